The quantitative estimate of drug-likeness (QED) is 0.562. The summed E-state index contributed by atoms with van der Waals surface area (Å²) in [6.45, 7) is 7.20. The van der Waals surface area contributed by atoms with Gasteiger partial charge in [-0.3, -0.25) is 9.59 Å². The zero-order valence-electron chi connectivity index (χ0n) is 13.7. The van der Waals surface area contributed by atoms with E-state index in [1.165, 1.54) is 0 Å². The van der Waals surface area contributed by atoms with Gasteiger partial charge in [0.1, 0.15) is 17.1 Å². The number of carbonyl (C=O) groups is 3. The molecule has 2 amide bonds. The van der Waals surface area contributed by atoms with Gasteiger partial charge in [0, 0.05) is 0 Å². The standard InChI is InChI=1S/C16H21NO6/c1-5-21-13(19)10-9-6-7-16(22-9)8-17(12(18)11(10)16)14(20)23-15(2,3)4/h6-7,9-11H,5,8H2,1-4H3/t9-,10+,11+,16-/m1/s1. The van der Waals surface area contributed by atoms with E-state index in [0.717, 1.165) is 4.90 Å². The minimum Gasteiger partial charge on any atom is -0.466 e. The third-order valence-electron chi connectivity index (χ3n) is 4.27. The number of hydrogen-bond donors (Lipinski definition) is 0. The summed E-state index contributed by atoms with van der Waals surface area (Å²) >= 11 is 0. The van der Waals surface area contributed by atoms with E-state index >= 15 is 0 Å². The van der Waals surface area contributed by atoms with Gasteiger partial charge in [-0.1, -0.05) is 12.2 Å². The number of amides is 2. The summed E-state index contributed by atoms with van der Waals surface area (Å²) in [7, 11) is 0. The number of ether oxygens (including phenoxy) is 3. The molecule has 126 valence electrons. The van der Waals surface area contributed by atoms with Crippen molar-refractivity contribution in [3.05, 3.63) is 12.2 Å². The molecule has 0 aromatic carbocycles. The van der Waals surface area contributed by atoms with E-state index in [2.05, 4.69) is 0 Å². The van der Waals surface area contributed by atoms with E-state index in [1.54, 1.807) is 39.8 Å². The molecule has 2 bridgehead atoms. The molecular formula is C16H21NO6. The maximum atomic E-state index is 12.7. The number of rotatable bonds is 2. The molecular weight excluding hydrogens is 302 g/mol. The summed E-state index contributed by atoms with van der Waals surface area (Å²) in [5.41, 5.74) is -1.64. The summed E-state index contributed by atoms with van der Waals surface area (Å²) in [6, 6.07) is 0. The van der Waals surface area contributed by atoms with Crippen LogP contribution in [0.1, 0.15) is 27.7 Å². The first-order valence-corrected chi connectivity index (χ1v) is 7.77. The van der Waals surface area contributed by atoms with Crippen molar-refractivity contribution in [1.82, 2.24) is 4.90 Å². The summed E-state index contributed by atoms with van der Waals surface area (Å²) in [5, 5.41) is 0. The van der Waals surface area contributed by atoms with Gasteiger partial charge in [0.25, 0.3) is 0 Å². The molecule has 3 aliphatic heterocycles. The van der Waals surface area contributed by atoms with Crippen LogP contribution in [0.4, 0.5) is 4.79 Å². The van der Waals surface area contributed by atoms with Crippen LogP contribution in [0.15, 0.2) is 12.2 Å². The van der Waals surface area contributed by atoms with Crippen LogP contribution < -0.4 is 0 Å². The zero-order chi connectivity index (χ0) is 17.0. The molecule has 2 fully saturated rings. The molecule has 3 aliphatic rings. The first-order valence-electron chi connectivity index (χ1n) is 7.77. The fourth-order valence-corrected chi connectivity index (χ4v) is 3.48. The second-order valence-corrected chi connectivity index (χ2v) is 7.06. The fourth-order valence-electron chi connectivity index (χ4n) is 3.48. The molecule has 2 saturated heterocycles. The minimum absolute atomic E-state index is 0.0638. The molecule has 0 N–H and O–H groups in total. The Balaban J connectivity index is 1.85. The smallest absolute Gasteiger partial charge is 0.417 e. The Bertz CT molecular complexity index is 592. The molecule has 7 nitrogen and oxygen atoms in total. The summed E-state index contributed by atoms with van der Waals surface area (Å²) in [4.78, 5) is 38.2. The molecule has 0 aromatic heterocycles. The Morgan fingerprint density at radius 1 is 1.43 bits per heavy atom. The van der Waals surface area contributed by atoms with Crippen molar-refractivity contribution in [2.24, 2.45) is 11.8 Å². The number of likely N-dealkylation sites (tertiary alicyclic amines) is 1. The highest BCUT2D eigenvalue weighted by atomic mass is 16.6. The Hall–Kier alpha value is -1.89. The lowest BCUT2D eigenvalue weighted by molar-refractivity contribution is -0.153. The molecule has 0 unspecified atom stereocenters. The number of hydrogen-bond acceptors (Lipinski definition) is 6. The van der Waals surface area contributed by atoms with Crippen LogP contribution in [-0.2, 0) is 23.8 Å². The number of carbonyl (C=O) groups excluding carboxylic acids is 3. The van der Waals surface area contributed by atoms with E-state index in [9.17, 15) is 14.4 Å². The third kappa shape index (κ3) is 2.43. The van der Waals surface area contributed by atoms with Gasteiger partial charge in [-0.2, -0.15) is 0 Å². The lowest BCUT2D eigenvalue weighted by Gasteiger charge is -2.25. The molecule has 0 aromatic rings. The molecule has 3 rings (SSSR count). The van der Waals surface area contributed by atoms with Crippen molar-refractivity contribution in [1.29, 1.82) is 0 Å². The fraction of sp³-hybridized carbons (Fsp3) is 0.688. The minimum atomic E-state index is -0.934. The lowest BCUT2D eigenvalue weighted by Crippen LogP contribution is -2.42. The zero-order valence-corrected chi connectivity index (χ0v) is 13.7. The first-order chi connectivity index (χ1) is 10.7. The summed E-state index contributed by atoms with van der Waals surface area (Å²) in [5.74, 6) is -2.35. The summed E-state index contributed by atoms with van der Waals surface area (Å²) in [6.07, 6.45) is 2.36. The topological polar surface area (TPSA) is 82.1 Å². The predicted octanol–water partition coefficient (Wildman–Crippen LogP) is 1.27. The Labute approximate surface area is 134 Å². The van der Waals surface area contributed by atoms with E-state index in [1.807, 2.05) is 0 Å². The van der Waals surface area contributed by atoms with Crippen LogP contribution in [0.25, 0.3) is 0 Å². The molecule has 1 spiro atoms. The SMILES string of the molecule is CCOC(=O)[C@@H]1[C@H]2C(=O)N(C(=O)OC(C)(C)C)C[C@]23C=C[C@H]1O3. The van der Waals surface area contributed by atoms with Gasteiger partial charge in [0.15, 0.2) is 0 Å². The molecule has 23 heavy (non-hydrogen) atoms. The first kappa shape index (κ1) is 16.0. The van der Waals surface area contributed by atoms with Crippen molar-refractivity contribution in [3.63, 3.8) is 0 Å². The number of nitrogens with zero attached hydrogens (tertiary/aromatic N) is 1. The molecule has 7 heteroatoms. The Morgan fingerprint density at radius 2 is 2.13 bits per heavy atom. The molecule has 0 saturated carbocycles. The van der Waals surface area contributed by atoms with E-state index in [4.69, 9.17) is 14.2 Å². The van der Waals surface area contributed by atoms with Crippen LogP contribution in [-0.4, -0.2) is 53.3 Å². The molecule has 4 atom stereocenters. The van der Waals surface area contributed by atoms with Gasteiger partial charge in [-0.25, -0.2) is 9.69 Å². The Morgan fingerprint density at radius 3 is 2.74 bits per heavy atom. The van der Waals surface area contributed by atoms with E-state index < -0.39 is 47.1 Å². The van der Waals surface area contributed by atoms with Crippen molar-refractivity contribution < 1.29 is 28.6 Å². The van der Waals surface area contributed by atoms with Gasteiger partial charge in [0.2, 0.25) is 5.91 Å². The highest BCUT2D eigenvalue weighted by Gasteiger charge is 2.68. The van der Waals surface area contributed by atoms with Crippen LogP contribution in [0.3, 0.4) is 0 Å². The van der Waals surface area contributed by atoms with Crippen molar-refractivity contribution in [2.45, 2.75) is 45.0 Å². The van der Waals surface area contributed by atoms with Crippen molar-refractivity contribution >= 4 is 18.0 Å². The van der Waals surface area contributed by atoms with Crippen molar-refractivity contribution in [2.75, 3.05) is 13.2 Å². The van der Waals surface area contributed by atoms with Gasteiger partial charge < -0.3 is 14.2 Å². The van der Waals surface area contributed by atoms with Gasteiger partial charge >= 0.3 is 12.1 Å². The molecule has 0 aliphatic carbocycles. The van der Waals surface area contributed by atoms with Gasteiger partial charge in [-0.15, -0.1) is 0 Å². The second-order valence-electron chi connectivity index (χ2n) is 7.06. The predicted molar refractivity (Wildman–Crippen MR) is 78.3 cm³/mol. The average Bonchev–Trinajstić information content (AvgIpc) is 3.05. The van der Waals surface area contributed by atoms with Crippen LogP contribution in [0, 0.1) is 11.8 Å². The van der Waals surface area contributed by atoms with E-state index in [0.29, 0.717) is 0 Å². The average molecular weight is 323 g/mol. The number of fused-ring (bicyclic) bond motifs is 1. The van der Waals surface area contributed by atoms with Crippen LogP contribution in [0.2, 0.25) is 0 Å². The maximum Gasteiger partial charge on any atom is 0.417 e. The van der Waals surface area contributed by atoms with Gasteiger partial charge in [0.05, 0.1) is 25.2 Å². The largest absolute Gasteiger partial charge is 0.466 e. The van der Waals surface area contributed by atoms with Crippen molar-refractivity contribution in [3.8, 4) is 0 Å². The second kappa shape index (κ2) is 5.06. The number of esters is 1. The van der Waals surface area contributed by atoms with E-state index in [-0.39, 0.29) is 13.2 Å². The van der Waals surface area contributed by atoms with Gasteiger partial charge in [-0.05, 0) is 27.7 Å². The molecule has 0 radical (unpaired) electrons. The molecule has 3 heterocycles. The van der Waals surface area contributed by atoms with Crippen LogP contribution in [0.5, 0.6) is 0 Å². The third-order valence-corrected chi connectivity index (χ3v) is 4.27. The normalized spacial score (nSPS) is 34.7. The monoisotopic (exact) mass is 323 g/mol. The highest BCUT2D eigenvalue weighted by molar-refractivity contribution is 6.00. The lowest BCUT2D eigenvalue weighted by atomic mass is 9.77. The number of imide groups is 1. The highest BCUT2D eigenvalue weighted by Crippen LogP contribution is 2.52. The maximum absolute atomic E-state index is 12.7. The summed E-state index contributed by atoms with van der Waals surface area (Å²) < 4.78 is 16.2. The Kier molecular flexibility index (Phi) is 3.51. The van der Waals surface area contributed by atoms with Crippen LogP contribution >= 0.6 is 0 Å².